The van der Waals surface area contributed by atoms with Crippen LogP contribution in [-0.2, 0) is 4.79 Å². The lowest BCUT2D eigenvalue weighted by atomic mass is 10.0. The second-order valence-corrected chi connectivity index (χ2v) is 7.57. The molecule has 0 spiro atoms. The summed E-state index contributed by atoms with van der Waals surface area (Å²) < 4.78 is 1.01. The molecule has 3 rings (SSSR count). The molecule has 1 atom stereocenters. The summed E-state index contributed by atoms with van der Waals surface area (Å²) >= 11 is 1.42. The maximum Gasteiger partial charge on any atom is 0.251 e. The number of rotatable bonds is 5. The van der Waals surface area contributed by atoms with Crippen LogP contribution in [0.15, 0.2) is 48.5 Å². The smallest absolute Gasteiger partial charge is 0.251 e. The Kier molecular flexibility index (Phi) is 5.32. The van der Waals surface area contributed by atoms with E-state index < -0.39 is 6.04 Å². The Morgan fingerprint density at radius 1 is 1.08 bits per heavy atom. The second-order valence-electron chi connectivity index (χ2n) is 6.54. The van der Waals surface area contributed by atoms with Gasteiger partial charge in [-0.15, -0.1) is 0 Å². The molecule has 0 bridgehead atoms. The zero-order valence-corrected chi connectivity index (χ0v) is 15.8. The van der Waals surface area contributed by atoms with E-state index in [-0.39, 0.29) is 17.7 Å². The van der Waals surface area contributed by atoms with Crippen molar-refractivity contribution in [2.24, 2.45) is 5.92 Å². The standard InChI is InChI=1S/C20H21N3O2S/c1-12(2)17(22-18(24)14-8-6-7-13(3)11-14)19(25)23-20-21-15-9-4-5-10-16(15)26-20/h4-12,17H,1-3H3,(H,22,24)(H,21,23,25). The van der Waals surface area contributed by atoms with Crippen LogP contribution in [-0.4, -0.2) is 22.8 Å². The molecule has 0 aliphatic rings. The minimum Gasteiger partial charge on any atom is -0.340 e. The molecule has 0 fully saturated rings. The van der Waals surface area contributed by atoms with E-state index in [1.165, 1.54) is 11.3 Å². The molecule has 2 N–H and O–H groups in total. The fourth-order valence-electron chi connectivity index (χ4n) is 2.65. The van der Waals surface area contributed by atoms with Crippen molar-refractivity contribution in [3.05, 3.63) is 59.7 Å². The van der Waals surface area contributed by atoms with Gasteiger partial charge >= 0.3 is 0 Å². The molecule has 2 aromatic carbocycles. The molecule has 26 heavy (non-hydrogen) atoms. The number of nitrogens with zero attached hydrogens (tertiary/aromatic N) is 1. The fraction of sp³-hybridized carbons (Fsp3) is 0.250. The van der Waals surface area contributed by atoms with Crippen LogP contribution in [0.5, 0.6) is 0 Å². The summed E-state index contributed by atoms with van der Waals surface area (Å²) in [6.45, 7) is 5.73. The number of carbonyl (C=O) groups excluding carboxylic acids is 2. The van der Waals surface area contributed by atoms with Gasteiger partial charge in [0.1, 0.15) is 6.04 Å². The summed E-state index contributed by atoms with van der Waals surface area (Å²) in [6.07, 6.45) is 0. The number of carbonyl (C=O) groups is 2. The van der Waals surface area contributed by atoms with Crippen molar-refractivity contribution in [1.29, 1.82) is 0 Å². The molecule has 5 nitrogen and oxygen atoms in total. The second kappa shape index (κ2) is 7.66. The Morgan fingerprint density at radius 2 is 1.85 bits per heavy atom. The highest BCUT2D eigenvalue weighted by atomic mass is 32.1. The number of fused-ring (bicyclic) bond motifs is 1. The Morgan fingerprint density at radius 3 is 2.54 bits per heavy atom. The van der Waals surface area contributed by atoms with Gasteiger partial charge in [0.15, 0.2) is 5.13 Å². The number of para-hydroxylation sites is 1. The average Bonchev–Trinajstić information content (AvgIpc) is 3.01. The summed E-state index contributed by atoms with van der Waals surface area (Å²) in [4.78, 5) is 29.6. The topological polar surface area (TPSA) is 71.1 Å². The zero-order valence-electron chi connectivity index (χ0n) is 14.9. The lowest BCUT2D eigenvalue weighted by molar-refractivity contribution is -0.118. The van der Waals surface area contributed by atoms with E-state index >= 15 is 0 Å². The van der Waals surface area contributed by atoms with E-state index in [0.717, 1.165) is 15.8 Å². The Bertz CT molecular complexity index is 916. The van der Waals surface area contributed by atoms with Crippen molar-refractivity contribution in [3.8, 4) is 0 Å². The first-order valence-electron chi connectivity index (χ1n) is 8.48. The number of hydrogen-bond donors (Lipinski definition) is 2. The third kappa shape index (κ3) is 4.08. The minimum absolute atomic E-state index is 0.0573. The van der Waals surface area contributed by atoms with E-state index in [1.54, 1.807) is 12.1 Å². The molecule has 0 aliphatic carbocycles. The molecule has 1 aromatic heterocycles. The third-order valence-electron chi connectivity index (χ3n) is 4.04. The number of anilines is 1. The highest BCUT2D eigenvalue weighted by Crippen LogP contribution is 2.25. The first-order valence-corrected chi connectivity index (χ1v) is 9.29. The van der Waals surface area contributed by atoms with Gasteiger partial charge < -0.3 is 10.6 Å². The first kappa shape index (κ1) is 18.1. The zero-order chi connectivity index (χ0) is 18.7. The largest absolute Gasteiger partial charge is 0.340 e. The van der Waals surface area contributed by atoms with Crippen LogP contribution >= 0.6 is 11.3 Å². The lowest BCUT2D eigenvalue weighted by Gasteiger charge is -2.21. The van der Waals surface area contributed by atoms with Crippen LogP contribution in [0.3, 0.4) is 0 Å². The van der Waals surface area contributed by atoms with Gasteiger partial charge in [-0.1, -0.05) is 55.0 Å². The van der Waals surface area contributed by atoms with Crippen LogP contribution < -0.4 is 10.6 Å². The number of thiazole rings is 1. The third-order valence-corrected chi connectivity index (χ3v) is 4.99. The summed E-state index contributed by atoms with van der Waals surface area (Å²) in [5.74, 6) is -0.579. The van der Waals surface area contributed by atoms with Crippen molar-refractivity contribution in [1.82, 2.24) is 10.3 Å². The SMILES string of the molecule is Cc1cccc(C(=O)NC(C(=O)Nc2nc3ccccc3s2)C(C)C)c1. The molecule has 1 heterocycles. The van der Waals surface area contributed by atoms with Crippen molar-refractivity contribution in [2.45, 2.75) is 26.8 Å². The van der Waals surface area contributed by atoms with Crippen LogP contribution in [0.1, 0.15) is 29.8 Å². The maximum absolute atomic E-state index is 12.7. The van der Waals surface area contributed by atoms with E-state index in [9.17, 15) is 9.59 Å². The van der Waals surface area contributed by atoms with Crippen LogP contribution in [0.25, 0.3) is 10.2 Å². The van der Waals surface area contributed by atoms with E-state index in [2.05, 4.69) is 15.6 Å². The summed E-state index contributed by atoms with van der Waals surface area (Å²) in [5.41, 5.74) is 2.39. The Hall–Kier alpha value is -2.73. The number of aromatic nitrogens is 1. The number of amides is 2. The molecule has 0 aliphatic heterocycles. The number of hydrogen-bond acceptors (Lipinski definition) is 4. The van der Waals surface area contributed by atoms with Gasteiger partial charge in [-0.3, -0.25) is 9.59 Å². The van der Waals surface area contributed by atoms with Crippen LogP contribution in [0.4, 0.5) is 5.13 Å². The van der Waals surface area contributed by atoms with Crippen LogP contribution in [0, 0.1) is 12.8 Å². The first-order chi connectivity index (χ1) is 12.4. The summed E-state index contributed by atoms with van der Waals surface area (Å²) in [6, 6.07) is 14.4. The summed E-state index contributed by atoms with van der Waals surface area (Å²) in [5, 5.41) is 6.21. The van der Waals surface area contributed by atoms with Gasteiger partial charge in [-0.05, 0) is 37.1 Å². The molecule has 2 amide bonds. The quantitative estimate of drug-likeness (QED) is 0.716. The number of benzene rings is 2. The van der Waals surface area contributed by atoms with Crippen molar-refractivity contribution in [3.63, 3.8) is 0 Å². The van der Waals surface area contributed by atoms with Gasteiger partial charge in [0.25, 0.3) is 5.91 Å². The molecule has 1 unspecified atom stereocenters. The highest BCUT2D eigenvalue weighted by Gasteiger charge is 2.25. The Balaban J connectivity index is 1.74. The molecule has 3 aromatic rings. The predicted molar refractivity (Wildman–Crippen MR) is 106 cm³/mol. The van der Waals surface area contributed by atoms with Crippen molar-refractivity contribution in [2.75, 3.05) is 5.32 Å². The van der Waals surface area contributed by atoms with Gasteiger partial charge in [0.05, 0.1) is 10.2 Å². The molecule has 6 heteroatoms. The maximum atomic E-state index is 12.7. The number of nitrogens with one attached hydrogen (secondary N) is 2. The Labute approximate surface area is 156 Å². The summed E-state index contributed by atoms with van der Waals surface area (Å²) in [7, 11) is 0. The normalized spacial score (nSPS) is 12.2. The van der Waals surface area contributed by atoms with Crippen molar-refractivity contribution >= 4 is 38.5 Å². The van der Waals surface area contributed by atoms with Crippen molar-refractivity contribution < 1.29 is 9.59 Å². The molecule has 0 radical (unpaired) electrons. The molecular formula is C20H21N3O2S. The van der Waals surface area contributed by atoms with Crippen LogP contribution in [0.2, 0.25) is 0 Å². The van der Waals surface area contributed by atoms with E-state index in [1.807, 2.05) is 57.2 Å². The van der Waals surface area contributed by atoms with Gasteiger partial charge in [0, 0.05) is 5.56 Å². The lowest BCUT2D eigenvalue weighted by Crippen LogP contribution is -2.47. The van der Waals surface area contributed by atoms with Gasteiger partial charge in [-0.2, -0.15) is 0 Å². The van der Waals surface area contributed by atoms with Gasteiger partial charge in [0.2, 0.25) is 5.91 Å². The monoisotopic (exact) mass is 367 g/mol. The van der Waals surface area contributed by atoms with Gasteiger partial charge in [-0.25, -0.2) is 4.98 Å². The number of aryl methyl sites for hydroxylation is 1. The fourth-order valence-corrected chi connectivity index (χ4v) is 3.52. The molecule has 134 valence electrons. The highest BCUT2D eigenvalue weighted by molar-refractivity contribution is 7.22. The van der Waals surface area contributed by atoms with E-state index in [4.69, 9.17) is 0 Å². The van der Waals surface area contributed by atoms with E-state index in [0.29, 0.717) is 10.7 Å². The average molecular weight is 367 g/mol. The molecule has 0 saturated heterocycles. The predicted octanol–water partition coefficient (Wildman–Crippen LogP) is 4.00. The molecular weight excluding hydrogens is 346 g/mol. The molecule has 0 saturated carbocycles. The minimum atomic E-state index is -0.643.